The fourth-order valence-electron chi connectivity index (χ4n) is 4.37. The molecule has 1 aromatic carbocycles. The Kier molecular flexibility index (Phi) is 10.2. The second-order valence-electron chi connectivity index (χ2n) is 9.50. The molecule has 1 aromatic heterocycles. The highest BCUT2D eigenvalue weighted by Crippen LogP contribution is 2.38. The maximum Gasteiger partial charge on any atom is 0.271 e. The van der Waals surface area contributed by atoms with Crippen LogP contribution in [0.15, 0.2) is 41.0 Å². The number of anilines is 1. The summed E-state index contributed by atoms with van der Waals surface area (Å²) in [4.78, 5) is 36.0. The van der Waals surface area contributed by atoms with Gasteiger partial charge in [0.15, 0.2) is 5.13 Å². The van der Waals surface area contributed by atoms with E-state index in [9.17, 15) is 14.9 Å². The van der Waals surface area contributed by atoms with Gasteiger partial charge in [-0.25, -0.2) is 4.98 Å². The van der Waals surface area contributed by atoms with Gasteiger partial charge in [0.05, 0.1) is 10.6 Å². The molecule has 2 aromatic rings. The fraction of sp³-hybridized carbons (Fsp3) is 0.467. The Balaban J connectivity index is 2.19. The summed E-state index contributed by atoms with van der Waals surface area (Å²) < 4.78 is 0. The highest BCUT2D eigenvalue weighted by Gasteiger charge is 2.35. The van der Waals surface area contributed by atoms with Gasteiger partial charge in [0.2, 0.25) is 0 Å². The number of nitriles is 1. The number of imide groups is 1. The van der Waals surface area contributed by atoms with Crippen molar-refractivity contribution in [3.63, 3.8) is 0 Å². The molecular weight excluding hydrogens is 480 g/mol. The molecule has 0 radical (unpaired) electrons. The van der Waals surface area contributed by atoms with Gasteiger partial charge in [-0.05, 0) is 50.3 Å². The minimum atomic E-state index is -0.495. The third-order valence-corrected chi connectivity index (χ3v) is 7.78. The van der Waals surface area contributed by atoms with Gasteiger partial charge in [0.25, 0.3) is 11.8 Å². The number of aryl methyl sites for hydroxylation is 1. The van der Waals surface area contributed by atoms with Crippen LogP contribution in [0.4, 0.5) is 5.13 Å². The summed E-state index contributed by atoms with van der Waals surface area (Å²) in [5.74, 6) is -0.834. The van der Waals surface area contributed by atoms with Gasteiger partial charge in [-0.1, -0.05) is 75.6 Å². The van der Waals surface area contributed by atoms with Crippen molar-refractivity contribution in [2.24, 2.45) is 0 Å². The van der Waals surface area contributed by atoms with Crippen molar-refractivity contribution in [2.45, 2.75) is 73.1 Å². The fourth-order valence-corrected chi connectivity index (χ4v) is 5.44. The number of hydrogen-bond donors (Lipinski definition) is 0. The van der Waals surface area contributed by atoms with Crippen LogP contribution >= 0.6 is 11.3 Å². The summed E-state index contributed by atoms with van der Waals surface area (Å²) in [6.07, 6.45) is 7.77. The topological polar surface area (TPSA) is 77.3 Å². The molecule has 0 saturated carbocycles. The Labute approximate surface area is 225 Å². The molecule has 0 saturated heterocycles. The van der Waals surface area contributed by atoms with Crippen molar-refractivity contribution in [3.05, 3.63) is 51.4 Å². The zero-order valence-electron chi connectivity index (χ0n) is 22.8. The predicted molar refractivity (Wildman–Crippen MR) is 152 cm³/mol. The number of rotatable bonds is 12. The number of carbonyl (C=O) groups excluding carboxylic acids is 2. The predicted octanol–water partition coefficient (Wildman–Crippen LogP) is 6.92. The average molecular weight is 519 g/mol. The normalized spacial score (nSPS) is 15.0. The summed E-state index contributed by atoms with van der Waals surface area (Å²) in [7, 11) is 0. The molecule has 6 nitrogen and oxygen atoms in total. The lowest BCUT2D eigenvalue weighted by Gasteiger charge is -2.27. The van der Waals surface area contributed by atoms with E-state index in [1.54, 1.807) is 18.3 Å². The average Bonchev–Trinajstić information content (AvgIpc) is 3.30. The van der Waals surface area contributed by atoms with Crippen LogP contribution in [0.3, 0.4) is 0 Å². The first kappa shape index (κ1) is 28.3. The third-order valence-electron chi connectivity index (χ3n) is 6.71. The maximum atomic E-state index is 13.5. The van der Waals surface area contributed by atoms with E-state index in [4.69, 9.17) is 4.98 Å². The molecule has 0 N–H and O–H groups in total. The van der Waals surface area contributed by atoms with E-state index in [0.29, 0.717) is 24.1 Å². The first-order valence-corrected chi connectivity index (χ1v) is 14.2. The number of nitrogens with zero attached hydrogens (tertiary/aromatic N) is 4. The lowest BCUT2D eigenvalue weighted by Crippen LogP contribution is -2.43. The van der Waals surface area contributed by atoms with E-state index < -0.39 is 5.91 Å². The highest BCUT2D eigenvalue weighted by molar-refractivity contribution is 7.17. The molecule has 0 fully saturated rings. The molecule has 0 atom stereocenters. The molecule has 2 amide bonds. The Morgan fingerprint density at radius 1 is 1.00 bits per heavy atom. The largest absolute Gasteiger partial charge is 0.348 e. The number of unbranched alkanes of at least 4 members (excludes halogenated alkanes) is 3. The molecule has 196 valence electrons. The number of aromatic nitrogens is 1. The number of carbonyl (C=O) groups is 2. The van der Waals surface area contributed by atoms with E-state index in [1.807, 2.05) is 31.2 Å². The zero-order valence-corrected chi connectivity index (χ0v) is 23.6. The SMILES string of the molecule is CCCCN1C(=O)C(C#N)=C(C)/C(=C/c2sc(N(CCCC)CCCC)nc2-c2ccccc2C)C1=O. The molecule has 0 bridgehead atoms. The van der Waals surface area contributed by atoms with Crippen LogP contribution in [0.25, 0.3) is 17.3 Å². The Hall–Kier alpha value is -3.24. The molecule has 0 spiro atoms. The van der Waals surface area contributed by atoms with E-state index in [-0.39, 0.29) is 11.5 Å². The molecule has 37 heavy (non-hydrogen) atoms. The Morgan fingerprint density at radius 2 is 1.65 bits per heavy atom. The molecule has 1 aliphatic heterocycles. The molecule has 2 heterocycles. The molecule has 7 heteroatoms. The minimum Gasteiger partial charge on any atom is -0.348 e. The van der Waals surface area contributed by atoms with Crippen molar-refractivity contribution >= 4 is 34.4 Å². The molecular formula is C30H38N4O2S. The standard InChI is InChI=1S/C30H38N4O2S/c1-6-9-16-33(17-10-7-2)30-32-27(23-15-13-12-14-21(23)4)26(37-30)19-24-22(5)25(20-31)29(36)34(28(24)35)18-11-8-3/h12-15,19H,6-11,16-18H2,1-5H3/b24-19-. The van der Waals surface area contributed by atoms with Crippen LogP contribution in [0, 0.1) is 18.3 Å². The first-order chi connectivity index (χ1) is 17.9. The maximum absolute atomic E-state index is 13.5. The van der Waals surface area contributed by atoms with Gasteiger partial charge in [0, 0.05) is 30.8 Å². The second kappa shape index (κ2) is 13.3. The van der Waals surface area contributed by atoms with Crippen molar-refractivity contribution in [1.82, 2.24) is 9.88 Å². The van der Waals surface area contributed by atoms with Gasteiger partial charge < -0.3 is 4.90 Å². The highest BCUT2D eigenvalue weighted by atomic mass is 32.1. The van der Waals surface area contributed by atoms with Gasteiger partial charge in [0.1, 0.15) is 11.6 Å². The lowest BCUT2D eigenvalue weighted by molar-refractivity contribution is -0.140. The summed E-state index contributed by atoms with van der Waals surface area (Å²) in [6, 6.07) is 10.2. The number of thiazole rings is 1. The van der Waals surface area contributed by atoms with E-state index in [1.165, 1.54) is 4.90 Å². The van der Waals surface area contributed by atoms with Gasteiger partial charge in [-0.2, -0.15) is 5.26 Å². The van der Waals surface area contributed by atoms with Crippen molar-refractivity contribution in [3.8, 4) is 17.3 Å². The summed E-state index contributed by atoms with van der Waals surface area (Å²) in [5, 5.41) is 10.7. The Morgan fingerprint density at radius 3 is 2.24 bits per heavy atom. The van der Waals surface area contributed by atoms with E-state index in [2.05, 4.69) is 37.8 Å². The summed E-state index contributed by atoms with van der Waals surface area (Å²) in [6.45, 7) is 12.3. The van der Waals surface area contributed by atoms with E-state index in [0.717, 1.165) is 72.0 Å². The number of benzene rings is 1. The van der Waals surface area contributed by atoms with Gasteiger partial charge in [-0.3, -0.25) is 14.5 Å². The monoisotopic (exact) mass is 518 g/mol. The number of hydrogen-bond acceptors (Lipinski definition) is 6. The smallest absolute Gasteiger partial charge is 0.271 e. The Bertz CT molecular complexity index is 1230. The van der Waals surface area contributed by atoms with Crippen LogP contribution in [-0.4, -0.2) is 41.3 Å². The van der Waals surface area contributed by atoms with Crippen molar-refractivity contribution < 1.29 is 9.59 Å². The molecule has 1 aliphatic rings. The molecule has 0 aliphatic carbocycles. The van der Waals surface area contributed by atoms with E-state index >= 15 is 0 Å². The van der Waals surface area contributed by atoms with Crippen LogP contribution in [0.2, 0.25) is 0 Å². The van der Waals surface area contributed by atoms with Crippen molar-refractivity contribution in [1.29, 1.82) is 5.26 Å². The van der Waals surface area contributed by atoms with Crippen LogP contribution in [0.1, 0.15) is 76.7 Å². The van der Waals surface area contributed by atoms with Crippen LogP contribution in [0.5, 0.6) is 0 Å². The van der Waals surface area contributed by atoms with Crippen molar-refractivity contribution in [2.75, 3.05) is 24.5 Å². The first-order valence-electron chi connectivity index (χ1n) is 13.4. The number of amides is 2. The van der Waals surface area contributed by atoms with Crippen LogP contribution < -0.4 is 4.90 Å². The minimum absolute atomic E-state index is 0.0386. The molecule has 3 rings (SSSR count). The van der Waals surface area contributed by atoms with Gasteiger partial charge >= 0.3 is 0 Å². The zero-order chi connectivity index (χ0) is 26.9. The lowest BCUT2D eigenvalue weighted by atomic mass is 9.94. The quantitative estimate of drug-likeness (QED) is 0.225. The summed E-state index contributed by atoms with van der Waals surface area (Å²) in [5.41, 5.74) is 3.83. The summed E-state index contributed by atoms with van der Waals surface area (Å²) >= 11 is 1.58. The second-order valence-corrected chi connectivity index (χ2v) is 10.5. The van der Waals surface area contributed by atoms with Gasteiger partial charge in [-0.15, -0.1) is 0 Å². The van der Waals surface area contributed by atoms with Crippen LogP contribution in [-0.2, 0) is 9.59 Å². The third kappa shape index (κ3) is 6.37. The molecule has 0 unspecified atom stereocenters.